The molecule has 0 N–H and O–H groups in total. The second kappa shape index (κ2) is 8.47. The summed E-state index contributed by atoms with van der Waals surface area (Å²) >= 11 is 0. The van der Waals surface area contributed by atoms with E-state index in [1.54, 1.807) is 6.08 Å². The molecule has 0 fully saturated rings. The number of hydrogen-bond acceptors (Lipinski definition) is 4. The Balaban J connectivity index is 1.45. The van der Waals surface area contributed by atoms with Crippen molar-refractivity contribution in [3.05, 3.63) is 66.0 Å². The Morgan fingerprint density at radius 2 is 2.24 bits per heavy atom. The fourth-order valence-corrected chi connectivity index (χ4v) is 2.89. The summed E-state index contributed by atoms with van der Waals surface area (Å²) in [6.45, 7) is 3.07. The van der Waals surface area contributed by atoms with Crippen LogP contribution in [0.25, 0.3) is 5.52 Å². The number of unbranched alkanes of at least 4 members (excludes halogenated alkanes) is 1. The highest BCUT2D eigenvalue weighted by Gasteiger charge is 2.16. The van der Waals surface area contributed by atoms with Gasteiger partial charge in [0.2, 0.25) is 0 Å². The van der Waals surface area contributed by atoms with Gasteiger partial charge in [0.25, 0.3) is 0 Å². The minimum absolute atomic E-state index is 0.334. The number of pyridine rings is 1. The van der Waals surface area contributed by atoms with E-state index in [1.807, 2.05) is 43.6 Å². The number of rotatable bonds is 8. The Labute approximate surface area is 147 Å². The Morgan fingerprint density at radius 1 is 1.32 bits per heavy atom. The van der Waals surface area contributed by atoms with Gasteiger partial charge in [0, 0.05) is 12.3 Å². The molecular weight excluding hydrogens is 316 g/mol. The molecule has 130 valence electrons. The molecule has 1 unspecified atom stereocenters. The Bertz CT molecular complexity index is 828. The van der Waals surface area contributed by atoms with Crippen LogP contribution >= 0.6 is 0 Å². The predicted molar refractivity (Wildman–Crippen MR) is 95.9 cm³/mol. The summed E-state index contributed by atoms with van der Waals surface area (Å²) in [5.41, 5.74) is 2.83. The Morgan fingerprint density at radius 3 is 3.08 bits per heavy atom. The van der Waals surface area contributed by atoms with Crippen molar-refractivity contribution < 1.29 is 14.3 Å². The fraction of sp³-hybridized carbons (Fsp3) is 0.350. The number of allylic oxidation sites excluding steroid dienone is 1. The molecule has 1 atom stereocenters. The van der Waals surface area contributed by atoms with Gasteiger partial charge < -0.3 is 13.9 Å². The van der Waals surface area contributed by atoms with Gasteiger partial charge in [-0.15, -0.1) is 0 Å². The summed E-state index contributed by atoms with van der Waals surface area (Å²) in [6.07, 6.45) is 11.6. The number of ether oxygens (including phenoxy) is 2. The van der Waals surface area contributed by atoms with Crippen LogP contribution in [0.1, 0.15) is 25.5 Å². The average molecular weight is 338 g/mol. The van der Waals surface area contributed by atoms with Crippen LogP contribution < -0.4 is 0 Å². The molecular formula is C20H22N2O3. The first-order valence-corrected chi connectivity index (χ1v) is 8.61. The Hall–Kier alpha value is -2.62. The zero-order chi connectivity index (χ0) is 17.5. The van der Waals surface area contributed by atoms with E-state index in [4.69, 9.17) is 9.47 Å². The molecule has 0 bridgehead atoms. The molecule has 0 amide bonds. The zero-order valence-corrected chi connectivity index (χ0v) is 14.4. The zero-order valence-electron chi connectivity index (χ0n) is 14.4. The minimum Gasteiger partial charge on any atom is -0.494 e. The molecule has 25 heavy (non-hydrogen) atoms. The van der Waals surface area contributed by atoms with Crippen molar-refractivity contribution in [3.63, 3.8) is 0 Å². The van der Waals surface area contributed by atoms with E-state index in [2.05, 4.69) is 21.5 Å². The summed E-state index contributed by atoms with van der Waals surface area (Å²) < 4.78 is 13.3. The van der Waals surface area contributed by atoms with E-state index in [0.29, 0.717) is 24.5 Å². The monoisotopic (exact) mass is 338 g/mol. The van der Waals surface area contributed by atoms with Crippen LogP contribution in [-0.4, -0.2) is 34.6 Å². The van der Waals surface area contributed by atoms with Gasteiger partial charge in [-0.25, -0.2) is 9.78 Å². The summed E-state index contributed by atoms with van der Waals surface area (Å²) in [7, 11) is 0. The van der Waals surface area contributed by atoms with Gasteiger partial charge in [0.1, 0.15) is 17.8 Å². The number of imidazole rings is 1. The number of aryl methyl sites for hydroxylation is 1. The second-order valence-electron chi connectivity index (χ2n) is 5.85. The van der Waals surface area contributed by atoms with Gasteiger partial charge in [-0.1, -0.05) is 6.07 Å². The quantitative estimate of drug-likeness (QED) is 0.547. The first-order valence-electron chi connectivity index (χ1n) is 8.61. The second-order valence-corrected chi connectivity index (χ2v) is 5.85. The summed E-state index contributed by atoms with van der Waals surface area (Å²) in [5.74, 6) is 2.63. The van der Waals surface area contributed by atoms with Gasteiger partial charge in [0.15, 0.2) is 0 Å². The molecule has 2 aromatic rings. The van der Waals surface area contributed by atoms with Gasteiger partial charge in [0.05, 0.1) is 30.2 Å². The van der Waals surface area contributed by atoms with Crippen molar-refractivity contribution in [1.29, 1.82) is 0 Å². The van der Waals surface area contributed by atoms with Crippen molar-refractivity contribution in [2.24, 2.45) is 0 Å². The number of carbonyl (C=O) groups excluding carboxylic acids is 1. The van der Waals surface area contributed by atoms with E-state index < -0.39 is 0 Å². The maximum atomic E-state index is 11.1. The maximum Gasteiger partial charge on any atom is 0.131 e. The smallest absolute Gasteiger partial charge is 0.131 e. The lowest BCUT2D eigenvalue weighted by molar-refractivity contribution is 0.105. The van der Waals surface area contributed by atoms with Crippen molar-refractivity contribution in [2.75, 3.05) is 13.2 Å². The highest BCUT2D eigenvalue weighted by Crippen LogP contribution is 2.18. The number of fused-ring (bicyclic) bond motifs is 1. The largest absolute Gasteiger partial charge is 0.494 e. The first kappa shape index (κ1) is 17.2. The lowest BCUT2D eigenvalue weighted by Gasteiger charge is -2.18. The summed E-state index contributed by atoms with van der Waals surface area (Å²) in [5, 5.41) is 0. The third kappa shape index (κ3) is 4.27. The highest BCUT2D eigenvalue weighted by molar-refractivity contribution is 5.62. The van der Waals surface area contributed by atoms with Crippen LogP contribution in [0.5, 0.6) is 0 Å². The van der Waals surface area contributed by atoms with E-state index in [1.165, 1.54) is 5.69 Å². The normalized spacial score (nSPS) is 16.8. The number of hydrogen-bond donors (Lipinski definition) is 0. The molecule has 0 aliphatic heterocycles. The highest BCUT2D eigenvalue weighted by atomic mass is 16.5. The van der Waals surface area contributed by atoms with Crippen LogP contribution in [0.15, 0.2) is 60.3 Å². The molecule has 0 spiro atoms. The van der Waals surface area contributed by atoms with Gasteiger partial charge in [-0.2, -0.15) is 0 Å². The van der Waals surface area contributed by atoms with Gasteiger partial charge in [-0.05, 0) is 56.5 Å². The van der Waals surface area contributed by atoms with Crippen LogP contribution in [0.3, 0.4) is 0 Å². The van der Waals surface area contributed by atoms with Crippen molar-refractivity contribution in [2.45, 2.75) is 32.3 Å². The fourth-order valence-electron chi connectivity index (χ4n) is 2.89. The lowest BCUT2D eigenvalue weighted by atomic mass is 10.1. The van der Waals surface area contributed by atoms with Crippen LogP contribution in [-0.2, 0) is 20.7 Å². The molecule has 0 radical (unpaired) electrons. The van der Waals surface area contributed by atoms with Crippen molar-refractivity contribution in [3.8, 4) is 0 Å². The van der Waals surface area contributed by atoms with E-state index in [0.717, 1.165) is 24.8 Å². The van der Waals surface area contributed by atoms with Crippen LogP contribution in [0.2, 0.25) is 0 Å². The number of nitrogens with zero attached hydrogens (tertiary/aromatic N) is 2. The predicted octanol–water partition coefficient (Wildman–Crippen LogP) is 3.29. The topological polar surface area (TPSA) is 52.8 Å². The van der Waals surface area contributed by atoms with E-state index >= 15 is 0 Å². The van der Waals surface area contributed by atoms with E-state index in [9.17, 15) is 4.79 Å². The lowest BCUT2D eigenvalue weighted by Crippen LogP contribution is -2.17. The molecule has 1 aliphatic rings. The summed E-state index contributed by atoms with van der Waals surface area (Å²) in [4.78, 5) is 15.3. The van der Waals surface area contributed by atoms with E-state index in [-0.39, 0.29) is 6.10 Å². The van der Waals surface area contributed by atoms with Crippen molar-refractivity contribution in [1.82, 2.24) is 9.38 Å². The van der Waals surface area contributed by atoms with Gasteiger partial charge >= 0.3 is 0 Å². The summed E-state index contributed by atoms with van der Waals surface area (Å²) in [6, 6.07) is 6.22. The third-order valence-electron chi connectivity index (χ3n) is 4.13. The Kier molecular flexibility index (Phi) is 5.83. The van der Waals surface area contributed by atoms with Crippen LogP contribution in [0.4, 0.5) is 0 Å². The average Bonchev–Trinajstić information content (AvgIpc) is 3.12. The third-order valence-corrected chi connectivity index (χ3v) is 4.13. The molecule has 0 saturated carbocycles. The molecule has 2 aromatic heterocycles. The van der Waals surface area contributed by atoms with Gasteiger partial charge in [-0.3, -0.25) is 0 Å². The first-order chi connectivity index (χ1) is 12.3. The molecule has 5 nitrogen and oxygen atoms in total. The molecule has 5 heteroatoms. The SMILES string of the molecule is CCOC1=CC(=C=O)C(OCCCCc2cccc3cncn23)C=C1. The molecule has 0 aromatic carbocycles. The molecule has 3 rings (SSSR count). The molecule has 1 aliphatic carbocycles. The number of aromatic nitrogens is 2. The molecule has 2 heterocycles. The standard InChI is InChI=1S/C20H22N2O3/c1-2-24-19-9-10-20(16(12-19)14-23)25-11-4-3-6-17-7-5-8-18-13-21-15-22(17)18/h5,7-10,12-13,15,20H,2-4,6,11H2,1H3. The maximum absolute atomic E-state index is 11.1. The molecule has 0 saturated heterocycles. The van der Waals surface area contributed by atoms with Crippen LogP contribution in [0, 0.1) is 0 Å². The minimum atomic E-state index is -0.334. The van der Waals surface area contributed by atoms with Crippen molar-refractivity contribution >= 4 is 11.5 Å².